The van der Waals surface area contributed by atoms with Crippen molar-refractivity contribution in [2.24, 2.45) is 0 Å². The Morgan fingerprint density at radius 3 is 2.21 bits per heavy atom. The maximum absolute atomic E-state index is 14.1. The zero-order chi connectivity index (χ0) is 14.0. The van der Waals surface area contributed by atoms with Crippen molar-refractivity contribution < 1.29 is 8.78 Å². The van der Waals surface area contributed by atoms with Gasteiger partial charge in [0.05, 0.1) is 5.69 Å². The van der Waals surface area contributed by atoms with E-state index >= 15 is 0 Å². The van der Waals surface area contributed by atoms with Gasteiger partial charge in [-0.2, -0.15) is 5.10 Å². The van der Waals surface area contributed by atoms with Crippen molar-refractivity contribution in [3.63, 3.8) is 0 Å². The minimum Gasteiger partial charge on any atom is -0.232 e. The molecule has 1 aromatic carbocycles. The quantitative estimate of drug-likeness (QED) is 0.776. The summed E-state index contributed by atoms with van der Waals surface area (Å²) in [6.45, 7) is 3.88. The summed E-state index contributed by atoms with van der Waals surface area (Å²) in [5.41, 5.74) is 1.89. The Hall–Kier alpha value is -1.42. The van der Waals surface area contributed by atoms with Gasteiger partial charge in [0, 0.05) is 11.6 Å². The fourth-order valence-electron chi connectivity index (χ4n) is 1.99. The van der Waals surface area contributed by atoms with Gasteiger partial charge >= 0.3 is 0 Å². The normalized spacial score (nSPS) is 11.0. The first kappa shape index (κ1) is 14.0. The molecule has 0 amide bonds. The fourth-order valence-corrected chi connectivity index (χ4v) is 2.15. The van der Waals surface area contributed by atoms with Gasteiger partial charge in [-0.15, -0.1) is 11.6 Å². The van der Waals surface area contributed by atoms with Gasteiger partial charge in [0.15, 0.2) is 11.6 Å². The number of nitrogens with zero attached hydrogens (tertiary/aromatic N) is 2. The van der Waals surface area contributed by atoms with E-state index in [1.54, 1.807) is 0 Å². The third kappa shape index (κ3) is 2.63. The smallest absolute Gasteiger partial charge is 0.152 e. The second kappa shape index (κ2) is 5.70. The maximum Gasteiger partial charge on any atom is 0.152 e. The van der Waals surface area contributed by atoms with Gasteiger partial charge in [-0.25, -0.2) is 13.5 Å². The topological polar surface area (TPSA) is 17.8 Å². The Kier molecular flexibility index (Phi) is 4.20. The first-order valence-electron chi connectivity index (χ1n) is 6.22. The van der Waals surface area contributed by atoms with Crippen LogP contribution in [0.4, 0.5) is 8.78 Å². The zero-order valence-electron chi connectivity index (χ0n) is 10.9. The standard InChI is InChI=1S/C14H15ClF2N2/c1-3-10-7-11(4-2)19(18-10)14-12(16)5-9(8-15)6-13(14)17/h5-7H,3-4,8H2,1-2H3. The largest absolute Gasteiger partial charge is 0.232 e. The second-order valence-corrected chi connectivity index (χ2v) is 4.55. The van der Waals surface area contributed by atoms with Crippen LogP contribution in [0.1, 0.15) is 30.8 Å². The summed E-state index contributed by atoms with van der Waals surface area (Å²) in [5.74, 6) is -1.21. The molecule has 0 bridgehead atoms. The average molecular weight is 285 g/mol. The molecule has 0 aliphatic carbocycles. The average Bonchev–Trinajstić information content (AvgIpc) is 2.81. The van der Waals surface area contributed by atoms with E-state index in [0.717, 1.165) is 17.8 Å². The highest BCUT2D eigenvalue weighted by Gasteiger charge is 2.17. The van der Waals surface area contributed by atoms with Crippen LogP contribution in [-0.4, -0.2) is 9.78 Å². The van der Waals surface area contributed by atoms with Crippen LogP contribution >= 0.6 is 11.6 Å². The molecule has 0 atom stereocenters. The molecule has 2 aromatic rings. The molecule has 5 heteroatoms. The van der Waals surface area contributed by atoms with Gasteiger partial charge in [-0.05, 0) is 36.6 Å². The van der Waals surface area contributed by atoms with Crippen molar-refractivity contribution >= 4 is 11.6 Å². The number of hydrogen-bond acceptors (Lipinski definition) is 1. The molecule has 0 radical (unpaired) electrons. The van der Waals surface area contributed by atoms with Gasteiger partial charge in [0.2, 0.25) is 0 Å². The SMILES string of the molecule is CCc1cc(CC)n(-c2c(F)cc(CCl)cc2F)n1. The summed E-state index contributed by atoms with van der Waals surface area (Å²) in [5, 5.41) is 4.25. The Balaban J connectivity index is 2.61. The Morgan fingerprint density at radius 1 is 1.11 bits per heavy atom. The van der Waals surface area contributed by atoms with Crippen LogP contribution in [0.2, 0.25) is 0 Å². The Labute approximate surface area is 116 Å². The molecule has 0 N–H and O–H groups in total. The molecule has 1 heterocycles. The van der Waals surface area contributed by atoms with E-state index in [1.165, 1.54) is 16.8 Å². The van der Waals surface area contributed by atoms with Gasteiger partial charge in [0.1, 0.15) is 5.69 Å². The predicted octanol–water partition coefficient (Wildman–Crippen LogP) is 4.01. The first-order valence-corrected chi connectivity index (χ1v) is 6.76. The number of aryl methyl sites for hydroxylation is 2. The third-order valence-corrected chi connectivity index (χ3v) is 3.31. The van der Waals surface area contributed by atoms with Crippen LogP contribution in [0.25, 0.3) is 5.69 Å². The molecular weight excluding hydrogens is 270 g/mol. The van der Waals surface area contributed by atoms with E-state index in [0.29, 0.717) is 12.0 Å². The third-order valence-electron chi connectivity index (χ3n) is 3.00. The molecule has 0 fully saturated rings. The van der Waals surface area contributed by atoms with E-state index in [2.05, 4.69) is 5.10 Å². The van der Waals surface area contributed by atoms with Gasteiger partial charge in [0.25, 0.3) is 0 Å². The maximum atomic E-state index is 14.1. The van der Waals surface area contributed by atoms with E-state index in [1.807, 2.05) is 19.9 Å². The lowest BCUT2D eigenvalue weighted by Crippen LogP contribution is -2.08. The molecule has 1 aromatic heterocycles. The minimum atomic E-state index is -0.642. The molecular formula is C14H15ClF2N2. The summed E-state index contributed by atoms with van der Waals surface area (Å²) >= 11 is 5.60. The molecule has 19 heavy (non-hydrogen) atoms. The summed E-state index contributed by atoms with van der Waals surface area (Å²) in [6, 6.07) is 4.37. The monoisotopic (exact) mass is 284 g/mol. The highest BCUT2D eigenvalue weighted by atomic mass is 35.5. The second-order valence-electron chi connectivity index (χ2n) is 4.29. The number of hydrogen-bond donors (Lipinski definition) is 0. The van der Waals surface area contributed by atoms with Crippen LogP contribution in [0.5, 0.6) is 0 Å². The van der Waals surface area contributed by atoms with Crippen molar-refractivity contribution in [1.29, 1.82) is 0 Å². The van der Waals surface area contributed by atoms with Crippen LogP contribution < -0.4 is 0 Å². The van der Waals surface area contributed by atoms with Crippen molar-refractivity contribution in [2.75, 3.05) is 0 Å². The van der Waals surface area contributed by atoms with Crippen molar-refractivity contribution in [1.82, 2.24) is 9.78 Å². The molecule has 0 aliphatic rings. The molecule has 2 nitrogen and oxygen atoms in total. The van der Waals surface area contributed by atoms with Gasteiger partial charge in [-0.3, -0.25) is 0 Å². The number of benzene rings is 1. The zero-order valence-corrected chi connectivity index (χ0v) is 11.6. The summed E-state index contributed by atoms with van der Waals surface area (Å²) in [6.07, 6.45) is 1.38. The van der Waals surface area contributed by atoms with E-state index in [4.69, 9.17) is 11.6 Å². The minimum absolute atomic E-state index is 0.0775. The van der Waals surface area contributed by atoms with Crippen molar-refractivity contribution in [3.05, 3.63) is 46.8 Å². The molecule has 2 rings (SSSR count). The molecule has 0 saturated carbocycles. The Morgan fingerprint density at radius 2 is 1.74 bits per heavy atom. The summed E-state index contributed by atoms with van der Waals surface area (Å²) in [4.78, 5) is 0. The van der Waals surface area contributed by atoms with Crippen LogP contribution in [0, 0.1) is 11.6 Å². The van der Waals surface area contributed by atoms with Crippen LogP contribution in [0.3, 0.4) is 0 Å². The number of halogens is 3. The first-order chi connectivity index (χ1) is 9.10. The molecule has 0 aliphatic heterocycles. The molecule has 0 unspecified atom stereocenters. The van der Waals surface area contributed by atoms with Crippen molar-refractivity contribution in [2.45, 2.75) is 32.6 Å². The van der Waals surface area contributed by atoms with E-state index in [9.17, 15) is 8.78 Å². The van der Waals surface area contributed by atoms with Gasteiger partial charge < -0.3 is 0 Å². The van der Waals surface area contributed by atoms with Crippen molar-refractivity contribution in [3.8, 4) is 5.69 Å². The predicted molar refractivity (Wildman–Crippen MR) is 71.8 cm³/mol. The Bertz CT molecular complexity index is 570. The highest BCUT2D eigenvalue weighted by molar-refractivity contribution is 6.17. The summed E-state index contributed by atoms with van der Waals surface area (Å²) in [7, 11) is 0. The lowest BCUT2D eigenvalue weighted by Gasteiger charge is -2.09. The van der Waals surface area contributed by atoms with E-state index in [-0.39, 0.29) is 11.6 Å². The lowest BCUT2D eigenvalue weighted by atomic mass is 10.2. The van der Waals surface area contributed by atoms with Crippen LogP contribution in [-0.2, 0) is 18.7 Å². The number of alkyl halides is 1. The molecule has 102 valence electrons. The van der Waals surface area contributed by atoms with E-state index < -0.39 is 11.6 Å². The van der Waals surface area contributed by atoms with Crippen LogP contribution in [0.15, 0.2) is 18.2 Å². The highest BCUT2D eigenvalue weighted by Crippen LogP contribution is 2.23. The lowest BCUT2D eigenvalue weighted by molar-refractivity contribution is 0.553. The fraction of sp³-hybridized carbons (Fsp3) is 0.357. The number of aromatic nitrogens is 2. The van der Waals surface area contributed by atoms with Gasteiger partial charge in [-0.1, -0.05) is 13.8 Å². The molecule has 0 saturated heterocycles. The summed E-state index contributed by atoms with van der Waals surface area (Å²) < 4.78 is 29.5. The molecule has 0 spiro atoms. The number of rotatable bonds is 4.